The molecule has 2 aromatic carbocycles. The highest BCUT2D eigenvalue weighted by atomic mass is 16.5. The number of carbonyl (C=O) groups is 6. The molecule has 0 radical (unpaired) electrons. The Balaban J connectivity index is 0.811. The van der Waals surface area contributed by atoms with Gasteiger partial charge in [0.1, 0.15) is 23.8 Å². The largest absolute Gasteiger partial charge is 0.495 e. The van der Waals surface area contributed by atoms with Crippen LogP contribution in [0.3, 0.4) is 0 Å². The van der Waals surface area contributed by atoms with Crippen molar-refractivity contribution in [3.8, 4) is 5.75 Å². The second-order valence-electron chi connectivity index (χ2n) is 16.6. The molecule has 2 atom stereocenters. The van der Waals surface area contributed by atoms with Crippen LogP contribution in [-0.4, -0.2) is 149 Å². The first-order chi connectivity index (χ1) is 32.5. The number of benzene rings is 2. The Bertz CT molecular complexity index is 2210. The number of methoxy groups -OCH3 is 1. The van der Waals surface area contributed by atoms with Gasteiger partial charge in [-0.25, -0.2) is 4.98 Å². The number of anilines is 5. The average Bonchev–Trinajstić information content (AvgIpc) is 3.86. The van der Waals surface area contributed by atoms with Crippen molar-refractivity contribution in [2.75, 3.05) is 101 Å². The maximum atomic E-state index is 13.3. The van der Waals surface area contributed by atoms with Crippen molar-refractivity contribution >= 4 is 64.7 Å². The number of amides is 5. The van der Waals surface area contributed by atoms with Crippen molar-refractivity contribution in [2.24, 2.45) is 0 Å². The van der Waals surface area contributed by atoms with E-state index in [-0.39, 0.29) is 67.6 Å². The van der Waals surface area contributed by atoms with E-state index in [1.165, 1.54) is 7.11 Å². The Kier molecular flexibility index (Phi) is 18.9. The van der Waals surface area contributed by atoms with Gasteiger partial charge in [-0.2, -0.15) is 4.98 Å². The first kappa shape index (κ1) is 50.4. The first-order valence-corrected chi connectivity index (χ1v) is 23.0. The number of fused-ring (bicyclic) bond motifs is 1. The van der Waals surface area contributed by atoms with Gasteiger partial charge in [-0.05, 0) is 57.0 Å². The van der Waals surface area contributed by atoms with Gasteiger partial charge in [-0.15, -0.1) is 0 Å². The van der Waals surface area contributed by atoms with E-state index in [1.807, 2.05) is 6.92 Å². The van der Waals surface area contributed by atoms with Crippen LogP contribution in [-0.2, 0) is 39.9 Å². The van der Waals surface area contributed by atoms with Crippen LogP contribution in [0.2, 0.25) is 0 Å². The monoisotopic (exact) mass is 928 g/mol. The Labute approximate surface area is 391 Å². The number of nitrogens with zero attached hydrogens (tertiary/aromatic N) is 5. The van der Waals surface area contributed by atoms with Crippen LogP contribution in [0.5, 0.6) is 5.75 Å². The summed E-state index contributed by atoms with van der Waals surface area (Å²) < 4.78 is 22.4. The molecule has 3 aromatic rings. The van der Waals surface area contributed by atoms with E-state index < -0.39 is 6.04 Å². The number of likely N-dealkylation sites (N-methyl/N-ethyl adjacent to an activating group) is 2. The molecule has 1 saturated carbocycles. The normalized spacial score (nSPS) is 17.4. The molecule has 1 aliphatic carbocycles. The van der Waals surface area contributed by atoms with Crippen molar-refractivity contribution < 1.29 is 47.7 Å². The van der Waals surface area contributed by atoms with E-state index in [0.29, 0.717) is 117 Å². The van der Waals surface area contributed by atoms with Crippen molar-refractivity contribution in [3.05, 3.63) is 59.3 Å². The van der Waals surface area contributed by atoms with E-state index in [0.717, 1.165) is 31.5 Å². The maximum absolute atomic E-state index is 13.3. The molecule has 1 aromatic heterocycles. The molecule has 20 nitrogen and oxygen atoms in total. The molecule has 5 N–H and O–H groups in total. The van der Waals surface area contributed by atoms with E-state index in [9.17, 15) is 28.8 Å². The lowest BCUT2D eigenvalue weighted by molar-refractivity contribution is -0.137. The number of aldehydes is 1. The third kappa shape index (κ3) is 13.5. The molecule has 20 heteroatoms. The number of carbonyl (C=O) groups excluding carboxylic acids is 6. The number of hydrogen-bond acceptors (Lipinski definition) is 16. The van der Waals surface area contributed by atoms with Gasteiger partial charge in [0.2, 0.25) is 29.6 Å². The number of nitrogens with one attached hydrogen (secondary N) is 5. The minimum atomic E-state index is -0.529. The molecule has 2 aliphatic heterocycles. The van der Waals surface area contributed by atoms with Crippen LogP contribution in [0.15, 0.2) is 42.6 Å². The molecular weight excluding hydrogens is 865 g/mol. The van der Waals surface area contributed by atoms with Gasteiger partial charge in [0, 0.05) is 68.1 Å². The summed E-state index contributed by atoms with van der Waals surface area (Å²) >= 11 is 0. The molecular formula is C47H64N10O10. The quantitative estimate of drug-likeness (QED) is 0.0442. The zero-order chi connectivity index (χ0) is 47.7. The summed E-state index contributed by atoms with van der Waals surface area (Å²) in [7, 11) is 5.05. The van der Waals surface area contributed by atoms with Gasteiger partial charge < -0.3 is 50.0 Å². The van der Waals surface area contributed by atoms with Crippen molar-refractivity contribution in [1.82, 2.24) is 30.8 Å². The third-order valence-electron chi connectivity index (χ3n) is 12.1. The number of imide groups is 1. The first-order valence-electron chi connectivity index (χ1n) is 23.0. The molecule has 3 heterocycles. The van der Waals surface area contributed by atoms with Crippen molar-refractivity contribution in [1.29, 1.82) is 0 Å². The van der Waals surface area contributed by atoms with Gasteiger partial charge >= 0.3 is 0 Å². The Morgan fingerprint density at radius 1 is 0.940 bits per heavy atom. The molecule has 1 saturated heterocycles. The lowest BCUT2D eigenvalue weighted by Crippen LogP contribution is -2.55. The summed E-state index contributed by atoms with van der Waals surface area (Å²) in [5.74, 6) is 0.403. The van der Waals surface area contributed by atoms with E-state index >= 15 is 0 Å². The summed E-state index contributed by atoms with van der Waals surface area (Å²) in [5.41, 5.74) is 3.17. The van der Waals surface area contributed by atoms with Crippen molar-refractivity contribution in [2.45, 2.75) is 83.0 Å². The molecule has 6 rings (SSSR count). The van der Waals surface area contributed by atoms with Crippen LogP contribution >= 0.6 is 0 Å². The summed E-state index contributed by atoms with van der Waals surface area (Å²) in [6.45, 7) is 5.80. The summed E-state index contributed by atoms with van der Waals surface area (Å²) in [6.07, 6.45) is 8.08. The van der Waals surface area contributed by atoms with E-state index in [1.54, 1.807) is 66.5 Å². The molecule has 2 fully saturated rings. The van der Waals surface area contributed by atoms with Gasteiger partial charge in [0.05, 0.1) is 71.1 Å². The zero-order valence-electron chi connectivity index (χ0n) is 38.9. The summed E-state index contributed by atoms with van der Waals surface area (Å²) in [4.78, 5) is 89.7. The van der Waals surface area contributed by atoms with E-state index in [2.05, 4.69) is 36.5 Å². The predicted molar refractivity (Wildman–Crippen MR) is 251 cm³/mol. The fourth-order valence-electron chi connectivity index (χ4n) is 8.53. The molecule has 0 bridgehead atoms. The maximum Gasteiger partial charge on any atom is 0.251 e. The van der Waals surface area contributed by atoms with Crippen LogP contribution in [0.1, 0.15) is 84.6 Å². The smallest absolute Gasteiger partial charge is 0.251 e. The van der Waals surface area contributed by atoms with Crippen LogP contribution < -0.4 is 41.1 Å². The fourth-order valence-corrected chi connectivity index (χ4v) is 8.53. The number of aromatic nitrogens is 2. The van der Waals surface area contributed by atoms with Crippen LogP contribution in [0.4, 0.5) is 28.8 Å². The van der Waals surface area contributed by atoms with Gasteiger partial charge in [0.15, 0.2) is 5.82 Å². The number of ether oxygens (including phenoxy) is 4. The van der Waals surface area contributed by atoms with Crippen molar-refractivity contribution in [3.63, 3.8) is 0 Å². The highest BCUT2D eigenvalue weighted by molar-refractivity contribution is 6.04. The molecule has 5 amide bonds. The van der Waals surface area contributed by atoms with Crippen LogP contribution in [0, 0.1) is 0 Å². The van der Waals surface area contributed by atoms with Gasteiger partial charge in [-0.3, -0.25) is 39.0 Å². The van der Waals surface area contributed by atoms with Crippen LogP contribution in [0.25, 0.3) is 0 Å². The average molecular weight is 929 g/mol. The fraction of sp³-hybridized carbons (Fsp3) is 0.532. The van der Waals surface area contributed by atoms with E-state index in [4.69, 9.17) is 23.9 Å². The topological polar surface area (TPSA) is 235 Å². The Morgan fingerprint density at radius 3 is 2.40 bits per heavy atom. The van der Waals surface area contributed by atoms with Gasteiger partial charge in [0.25, 0.3) is 5.91 Å². The zero-order valence-corrected chi connectivity index (χ0v) is 38.9. The minimum absolute atomic E-state index is 0.0554. The highest BCUT2D eigenvalue weighted by Crippen LogP contribution is 2.40. The number of piperidine rings is 1. The standard InChI is InChI=1S/C47H64N10O10/c1-5-37-46(63)56(3)39-28-50-47(54-43(39)57(37)33-10-6-7-11-33)52-36-14-13-31(27-40(36)64-4)44(61)49-19-18-48-20-22-66-24-26-67-25-23-65-21-17-42(60)51-35-12-8-9-32(30-58)34(35)29-55(2)38-15-16-41(59)53-45(38)62/h8-9,12-14,27-28,30,33,37-38,48H,5-7,10-11,15-26,29H2,1-4H3,(H,49,61)(H,51,60)(H,50,52,54)(H,53,59,62). The Hall–Kier alpha value is -6.06. The lowest BCUT2D eigenvalue weighted by atomic mass is 10.0. The second kappa shape index (κ2) is 25.2. The lowest BCUT2D eigenvalue weighted by Gasteiger charge is -2.43. The third-order valence-corrected chi connectivity index (χ3v) is 12.1. The summed E-state index contributed by atoms with van der Waals surface area (Å²) in [6, 6.07) is 9.61. The predicted octanol–water partition coefficient (Wildman–Crippen LogP) is 3.18. The SMILES string of the molecule is CCC1C(=O)N(C)c2cnc(Nc3ccc(C(=O)NCCNCCOCCOCCOCCC(=O)Nc4cccc(C=O)c4CN(C)C4CCC(=O)NC4=O)cc3OC)nc2N1C1CCCC1. The van der Waals surface area contributed by atoms with Gasteiger partial charge in [-0.1, -0.05) is 31.9 Å². The molecule has 0 spiro atoms. The molecule has 362 valence electrons. The molecule has 3 aliphatic rings. The Morgan fingerprint density at radius 2 is 1.69 bits per heavy atom. The molecule has 2 unspecified atom stereocenters. The summed E-state index contributed by atoms with van der Waals surface area (Å²) in [5, 5.41) is 14.6. The highest BCUT2D eigenvalue weighted by Gasteiger charge is 2.41. The molecule has 67 heavy (non-hydrogen) atoms. The number of hydrogen-bond donors (Lipinski definition) is 5. The second-order valence-corrected chi connectivity index (χ2v) is 16.6. The minimum Gasteiger partial charge on any atom is -0.495 e. The number of rotatable bonds is 26.